The van der Waals surface area contributed by atoms with Crippen molar-refractivity contribution >= 4 is 28.2 Å². The quantitative estimate of drug-likeness (QED) is 0.586. The van der Waals surface area contributed by atoms with Crippen molar-refractivity contribution < 1.29 is 19.1 Å². The van der Waals surface area contributed by atoms with Gasteiger partial charge in [0, 0.05) is 16.5 Å². The summed E-state index contributed by atoms with van der Waals surface area (Å²) in [6.45, 7) is 3.96. The highest BCUT2D eigenvalue weighted by Crippen LogP contribution is 2.37. The first-order chi connectivity index (χ1) is 13.5. The smallest absolute Gasteiger partial charge is 0.341 e. The number of benzene rings is 2. The number of carbonyl (C=O) groups excluding carboxylic acids is 2. The van der Waals surface area contributed by atoms with E-state index in [0.29, 0.717) is 21.7 Å². The first-order valence-electron chi connectivity index (χ1n) is 8.84. The molecule has 0 radical (unpaired) electrons. The minimum atomic E-state index is -0.464. The van der Waals surface area contributed by atoms with Crippen LogP contribution in [0.1, 0.15) is 33.2 Å². The molecule has 1 heterocycles. The molecule has 0 saturated heterocycles. The second-order valence-corrected chi connectivity index (χ2v) is 7.00. The fraction of sp³-hybridized carbons (Fsp3) is 0.182. The Morgan fingerprint density at radius 2 is 1.71 bits per heavy atom. The number of rotatable bonds is 6. The van der Waals surface area contributed by atoms with Gasteiger partial charge in [-0.15, -0.1) is 11.3 Å². The Hall–Kier alpha value is -3.12. The molecule has 0 aliphatic heterocycles. The number of esters is 1. The minimum absolute atomic E-state index is 0.252. The van der Waals surface area contributed by atoms with Crippen molar-refractivity contribution in [3.8, 4) is 16.9 Å². The number of anilines is 1. The number of amides is 1. The molecule has 0 aliphatic rings. The maximum Gasteiger partial charge on any atom is 0.341 e. The monoisotopic (exact) mass is 395 g/mol. The molecule has 1 amide bonds. The number of carbonyl (C=O) groups is 2. The van der Waals surface area contributed by atoms with E-state index < -0.39 is 5.97 Å². The van der Waals surface area contributed by atoms with Gasteiger partial charge in [0.15, 0.2) is 0 Å². The molecule has 0 aliphatic carbocycles. The molecular weight excluding hydrogens is 374 g/mol. The first kappa shape index (κ1) is 19.6. The van der Waals surface area contributed by atoms with E-state index in [0.717, 1.165) is 16.9 Å². The van der Waals surface area contributed by atoms with Crippen LogP contribution in [0, 0.1) is 6.92 Å². The van der Waals surface area contributed by atoms with E-state index in [1.54, 1.807) is 26.2 Å². The van der Waals surface area contributed by atoms with Crippen LogP contribution in [-0.4, -0.2) is 25.6 Å². The van der Waals surface area contributed by atoms with Gasteiger partial charge in [0.25, 0.3) is 5.91 Å². The second kappa shape index (κ2) is 8.71. The molecule has 0 saturated carbocycles. The molecule has 1 aromatic heterocycles. The Kier molecular flexibility index (Phi) is 6.11. The van der Waals surface area contributed by atoms with Gasteiger partial charge in [-0.05, 0) is 43.7 Å². The highest BCUT2D eigenvalue weighted by Gasteiger charge is 2.23. The van der Waals surface area contributed by atoms with Crippen molar-refractivity contribution in [1.82, 2.24) is 0 Å². The van der Waals surface area contributed by atoms with Gasteiger partial charge in [0.1, 0.15) is 16.3 Å². The van der Waals surface area contributed by atoms with E-state index >= 15 is 0 Å². The van der Waals surface area contributed by atoms with Crippen molar-refractivity contribution in [3.05, 3.63) is 70.6 Å². The number of hydrogen-bond acceptors (Lipinski definition) is 5. The van der Waals surface area contributed by atoms with Crippen LogP contribution < -0.4 is 10.1 Å². The molecule has 3 aromatic rings. The van der Waals surface area contributed by atoms with Crippen LogP contribution in [0.5, 0.6) is 5.75 Å². The molecule has 0 bridgehead atoms. The predicted octanol–water partition coefficient (Wildman–Crippen LogP) is 5.16. The normalized spacial score (nSPS) is 10.4. The molecule has 2 aromatic carbocycles. The molecule has 144 valence electrons. The fourth-order valence-electron chi connectivity index (χ4n) is 2.72. The summed E-state index contributed by atoms with van der Waals surface area (Å²) in [6.07, 6.45) is 0. The number of aryl methyl sites for hydroxylation is 1. The molecule has 0 spiro atoms. The summed E-state index contributed by atoms with van der Waals surface area (Å²) < 4.78 is 10.4. The van der Waals surface area contributed by atoms with Gasteiger partial charge < -0.3 is 14.8 Å². The molecule has 0 unspecified atom stereocenters. The van der Waals surface area contributed by atoms with Crippen molar-refractivity contribution in [3.63, 3.8) is 0 Å². The summed E-state index contributed by atoms with van der Waals surface area (Å²) in [7, 11) is 1.60. The Bertz CT molecular complexity index is 975. The van der Waals surface area contributed by atoms with Gasteiger partial charge in [0.05, 0.1) is 13.7 Å². The molecule has 28 heavy (non-hydrogen) atoms. The number of ether oxygens (including phenoxy) is 2. The summed E-state index contributed by atoms with van der Waals surface area (Å²) in [5, 5.41) is 5.17. The van der Waals surface area contributed by atoms with Gasteiger partial charge in [-0.25, -0.2) is 4.79 Å². The summed E-state index contributed by atoms with van der Waals surface area (Å²) in [6, 6.07) is 14.7. The average molecular weight is 395 g/mol. The van der Waals surface area contributed by atoms with Crippen molar-refractivity contribution in [2.24, 2.45) is 0 Å². The lowest BCUT2D eigenvalue weighted by atomic mass is 10.0. The Labute approximate surface area is 167 Å². The molecule has 6 heteroatoms. The van der Waals surface area contributed by atoms with E-state index in [9.17, 15) is 9.59 Å². The Balaban J connectivity index is 1.96. The van der Waals surface area contributed by atoms with Crippen molar-refractivity contribution in [2.75, 3.05) is 19.0 Å². The molecular formula is C22H21NO4S. The molecule has 0 atom stereocenters. The molecule has 0 fully saturated rings. The third kappa shape index (κ3) is 4.23. The number of hydrogen-bond donors (Lipinski definition) is 1. The van der Waals surface area contributed by atoms with Gasteiger partial charge in [-0.2, -0.15) is 0 Å². The number of nitrogens with one attached hydrogen (secondary N) is 1. The van der Waals surface area contributed by atoms with Crippen LogP contribution in [0.25, 0.3) is 11.1 Å². The zero-order chi connectivity index (χ0) is 20.1. The first-order valence-corrected chi connectivity index (χ1v) is 9.72. The standard InChI is InChI=1S/C22H21NO4S/c1-4-27-22(25)19-18(15-9-11-17(26-3)12-10-15)13-28-21(19)23-20(24)16-7-5-14(2)6-8-16/h5-13H,4H2,1-3H3,(H,23,24). The largest absolute Gasteiger partial charge is 0.497 e. The number of methoxy groups -OCH3 is 1. The van der Waals surface area contributed by atoms with Crippen LogP contribution in [0.15, 0.2) is 53.9 Å². The summed E-state index contributed by atoms with van der Waals surface area (Å²) in [4.78, 5) is 25.2. The molecule has 3 rings (SSSR count). The number of thiophene rings is 1. The van der Waals surface area contributed by atoms with Gasteiger partial charge in [-0.1, -0.05) is 29.8 Å². The highest BCUT2D eigenvalue weighted by molar-refractivity contribution is 7.15. The average Bonchev–Trinajstić information content (AvgIpc) is 3.12. The third-order valence-corrected chi connectivity index (χ3v) is 5.11. The maximum atomic E-state index is 12.6. The predicted molar refractivity (Wildman–Crippen MR) is 111 cm³/mol. The van der Waals surface area contributed by atoms with Crippen LogP contribution in [0.2, 0.25) is 0 Å². The minimum Gasteiger partial charge on any atom is -0.497 e. The summed E-state index contributed by atoms with van der Waals surface area (Å²) in [5.74, 6) is -0.00739. The Morgan fingerprint density at radius 3 is 2.32 bits per heavy atom. The zero-order valence-corrected chi connectivity index (χ0v) is 16.8. The zero-order valence-electron chi connectivity index (χ0n) is 15.9. The summed E-state index contributed by atoms with van der Waals surface area (Å²) >= 11 is 1.30. The van der Waals surface area contributed by atoms with E-state index in [-0.39, 0.29) is 12.5 Å². The van der Waals surface area contributed by atoms with Gasteiger partial charge >= 0.3 is 5.97 Å². The van der Waals surface area contributed by atoms with Gasteiger partial charge in [-0.3, -0.25) is 4.79 Å². The van der Waals surface area contributed by atoms with E-state index in [1.165, 1.54) is 11.3 Å². The topological polar surface area (TPSA) is 64.6 Å². The van der Waals surface area contributed by atoms with Crippen LogP contribution in [0.3, 0.4) is 0 Å². The Morgan fingerprint density at radius 1 is 1.04 bits per heavy atom. The van der Waals surface area contributed by atoms with E-state index in [4.69, 9.17) is 9.47 Å². The third-order valence-electron chi connectivity index (χ3n) is 4.21. The highest BCUT2D eigenvalue weighted by atomic mass is 32.1. The van der Waals surface area contributed by atoms with Crippen molar-refractivity contribution in [1.29, 1.82) is 0 Å². The van der Waals surface area contributed by atoms with Gasteiger partial charge in [0.2, 0.25) is 0 Å². The molecule has 5 nitrogen and oxygen atoms in total. The maximum absolute atomic E-state index is 12.6. The second-order valence-electron chi connectivity index (χ2n) is 6.12. The fourth-order valence-corrected chi connectivity index (χ4v) is 3.67. The molecule has 1 N–H and O–H groups in total. The summed E-state index contributed by atoms with van der Waals surface area (Å²) in [5.41, 5.74) is 3.51. The lowest BCUT2D eigenvalue weighted by Gasteiger charge is -2.09. The van der Waals surface area contributed by atoms with E-state index in [2.05, 4.69) is 5.32 Å². The van der Waals surface area contributed by atoms with Crippen LogP contribution in [0.4, 0.5) is 5.00 Å². The SMILES string of the molecule is CCOC(=O)c1c(-c2ccc(OC)cc2)csc1NC(=O)c1ccc(C)cc1. The van der Waals surface area contributed by atoms with Crippen molar-refractivity contribution in [2.45, 2.75) is 13.8 Å². The van der Waals surface area contributed by atoms with Crippen LogP contribution >= 0.6 is 11.3 Å². The lowest BCUT2D eigenvalue weighted by molar-refractivity contribution is 0.0529. The van der Waals surface area contributed by atoms with E-state index in [1.807, 2.05) is 48.7 Å². The van der Waals surface area contributed by atoms with Crippen LogP contribution in [-0.2, 0) is 4.74 Å². The lowest BCUT2D eigenvalue weighted by Crippen LogP contribution is -2.14.